The monoisotopic (exact) mass is 933 g/mol. The summed E-state index contributed by atoms with van der Waals surface area (Å²) in [5.41, 5.74) is -5.16. The van der Waals surface area contributed by atoms with Crippen molar-refractivity contribution < 1.29 is 46.4 Å². The van der Waals surface area contributed by atoms with Crippen LogP contribution in [0.1, 0.15) is 88.5 Å². The van der Waals surface area contributed by atoms with E-state index in [1.165, 1.54) is 12.1 Å². The fourth-order valence-corrected chi connectivity index (χ4v) is 12.5. The van der Waals surface area contributed by atoms with E-state index in [9.17, 15) is 28.5 Å². The van der Waals surface area contributed by atoms with Gasteiger partial charge in [0, 0.05) is 64.1 Å². The van der Waals surface area contributed by atoms with E-state index in [0.717, 1.165) is 59.0 Å². The number of fused-ring (bicyclic) bond motifs is 3. The second-order valence-corrected chi connectivity index (χ2v) is 23.8. The molecule has 7 rings (SSSR count). The number of imidazole rings is 1. The number of aromatic nitrogens is 2. The Hall–Kier alpha value is -3.41. The third-order valence-corrected chi connectivity index (χ3v) is 17.5. The predicted molar refractivity (Wildman–Crippen MR) is 237 cm³/mol. The number of amides is 3. The molecule has 0 spiro atoms. The number of carbonyl (C=O) groups excluding carboxylic acids is 5. The lowest BCUT2D eigenvalue weighted by Crippen LogP contribution is -2.60. The Morgan fingerprint density at radius 2 is 1.56 bits per heavy atom. The molecule has 0 radical (unpaired) electrons. The minimum Gasteiger partial charge on any atom is -0.340 e. The third kappa shape index (κ3) is 9.65. The maximum Gasteiger partial charge on any atom is 0.404 e. The maximum absolute atomic E-state index is 16.5. The first kappa shape index (κ1) is 46.6. The number of nitrogens with one attached hydrogen (secondary N) is 1. The number of carbonyl (C=O) groups is 5. The first-order chi connectivity index (χ1) is 29.1. The summed E-state index contributed by atoms with van der Waals surface area (Å²) in [5, 5.41) is 2.82. The van der Waals surface area contributed by atoms with Crippen molar-refractivity contribution >= 4 is 80.5 Å². The minimum absolute atomic E-state index is 0.0426. The van der Waals surface area contributed by atoms with Crippen molar-refractivity contribution in [3.05, 3.63) is 65.6 Å². The van der Waals surface area contributed by atoms with Gasteiger partial charge in [0.2, 0.25) is 11.8 Å². The van der Waals surface area contributed by atoms with E-state index in [0.29, 0.717) is 37.1 Å². The number of halogens is 2. The summed E-state index contributed by atoms with van der Waals surface area (Å²) in [4.78, 5) is 74.8. The average Bonchev–Trinajstić information content (AvgIpc) is 3.72. The lowest BCUT2D eigenvalue weighted by atomic mass is 9.98. The van der Waals surface area contributed by atoms with Gasteiger partial charge in [0.25, 0.3) is 5.91 Å². The number of allylic oxidation sites excluding steroid dienone is 1. The van der Waals surface area contributed by atoms with Crippen molar-refractivity contribution in [3.63, 3.8) is 0 Å². The number of thioether (sulfide) groups is 2. The molecule has 4 fully saturated rings. The molecule has 1 saturated carbocycles. The number of hydrogen-bond donors (Lipinski definition) is 1. The highest BCUT2D eigenvalue weighted by Gasteiger charge is 2.56. The Morgan fingerprint density at radius 1 is 0.935 bits per heavy atom. The first-order valence-electron chi connectivity index (χ1n) is 20.8. The molecule has 336 valence electrons. The second-order valence-electron chi connectivity index (χ2n) is 18.5. The Bertz CT molecular complexity index is 2250. The van der Waals surface area contributed by atoms with Crippen LogP contribution in [-0.4, -0.2) is 103 Å². The first-order valence-corrected chi connectivity index (χ1v) is 25.2. The number of alkyl halides is 2. The molecule has 1 aromatic carbocycles. The van der Waals surface area contributed by atoms with Crippen LogP contribution in [0.4, 0.5) is 8.78 Å². The summed E-state index contributed by atoms with van der Waals surface area (Å²) in [6.07, 6.45) is 7.57. The van der Waals surface area contributed by atoms with Crippen LogP contribution in [0.3, 0.4) is 0 Å². The smallest absolute Gasteiger partial charge is 0.340 e. The van der Waals surface area contributed by atoms with Gasteiger partial charge in [0.15, 0.2) is 10.2 Å². The van der Waals surface area contributed by atoms with E-state index in [1.54, 1.807) is 63.9 Å². The Kier molecular flexibility index (Phi) is 13.4. The van der Waals surface area contributed by atoms with E-state index >= 15 is 8.78 Å². The van der Waals surface area contributed by atoms with Gasteiger partial charge >= 0.3 is 13.3 Å². The van der Waals surface area contributed by atoms with Crippen LogP contribution in [-0.2, 0) is 38.5 Å². The lowest BCUT2D eigenvalue weighted by Gasteiger charge is -2.43. The zero-order chi connectivity index (χ0) is 44.9. The predicted octanol–water partition coefficient (Wildman–Crippen LogP) is 8.12. The van der Waals surface area contributed by atoms with Gasteiger partial charge in [-0.25, -0.2) is 4.98 Å². The van der Waals surface area contributed by atoms with Crippen molar-refractivity contribution in [2.45, 2.75) is 97.1 Å². The van der Waals surface area contributed by atoms with Gasteiger partial charge in [-0.05, 0) is 61.1 Å². The normalized spacial score (nSPS) is 23.4. The zero-order valence-electron chi connectivity index (χ0n) is 35.8. The van der Waals surface area contributed by atoms with Crippen molar-refractivity contribution in [2.75, 3.05) is 37.8 Å². The van der Waals surface area contributed by atoms with Crippen molar-refractivity contribution in [3.8, 4) is 0 Å². The third-order valence-electron chi connectivity index (χ3n) is 11.9. The van der Waals surface area contributed by atoms with Gasteiger partial charge in [0.1, 0.15) is 12.1 Å². The molecule has 0 bridgehead atoms. The number of nitrogens with zero attached hydrogens (tertiary/aromatic N) is 4. The fourth-order valence-electron chi connectivity index (χ4n) is 8.18. The van der Waals surface area contributed by atoms with Crippen LogP contribution in [0.2, 0.25) is 0 Å². The van der Waals surface area contributed by atoms with Gasteiger partial charge in [-0.15, -0.1) is 11.3 Å². The molecule has 3 aliphatic heterocycles. The summed E-state index contributed by atoms with van der Waals surface area (Å²) >= 11 is 2.82. The van der Waals surface area contributed by atoms with E-state index in [4.69, 9.17) is 9.05 Å². The topological polar surface area (TPSA) is 157 Å². The summed E-state index contributed by atoms with van der Waals surface area (Å²) in [5.74, 6) is -0.803. The molecular formula is C43H54F2N5O8PS3. The molecule has 5 heterocycles. The fraction of sp³-hybridized carbons (Fsp3) is 0.581. The molecule has 62 heavy (non-hydrogen) atoms. The van der Waals surface area contributed by atoms with Crippen LogP contribution < -0.4 is 5.32 Å². The molecule has 1 aliphatic carbocycles. The second kappa shape index (κ2) is 17.9. The molecule has 4 aliphatic rings. The van der Waals surface area contributed by atoms with Crippen LogP contribution in [0.15, 0.2) is 55.1 Å². The Morgan fingerprint density at radius 3 is 2.16 bits per heavy atom. The standard InChI is InChI=1S/C43H54F2N5O8PS3/c1-25-30-20-28-9-10-33(38(53)49-22-29(23-49)48-13-12-46-24-48)50(28)37(52)32(21-31(25)30)47-36(51)35-19-26-18-27(8-11-34(26)62-35)43(44,45)59(56,57-14-16-60-39(54)41(2,3)4)58-15-17-61-40(55)42(5,6)7/h8,11-13,18-19,24,28-33H,1,9-10,14-17,20-23H2,2-7H3,(H,47,51)/t28-,30-,31+,32?,33+/m1/s1. The quantitative estimate of drug-likeness (QED) is 0.0946. The maximum atomic E-state index is 16.5. The number of hydrogen-bond acceptors (Lipinski definition) is 12. The molecular weight excluding hydrogens is 880 g/mol. The van der Waals surface area contributed by atoms with Gasteiger partial charge in [0.05, 0.1) is 30.5 Å². The van der Waals surface area contributed by atoms with E-state index < -0.39 is 60.9 Å². The molecule has 3 saturated heterocycles. The van der Waals surface area contributed by atoms with E-state index in [2.05, 4.69) is 16.9 Å². The summed E-state index contributed by atoms with van der Waals surface area (Å²) < 4.78 is 60.2. The number of rotatable bonds is 14. The minimum atomic E-state index is -5.26. The number of likely N-dealkylation sites (tertiary alicyclic amines) is 1. The van der Waals surface area contributed by atoms with Crippen molar-refractivity contribution in [2.24, 2.45) is 22.7 Å². The Balaban J connectivity index is 1.06. The zero-order valence-corrected chi connectivity index (χ0v) is 39.1. The molecule has 5 atom stereocenters. The van der Waals surface area contributed by atoms with Crippen molar-refractivity contribution in [1.82, 2.24) is 24.7 Å². The molecule has 1 N–H and O–H groups in total. The largest absolute Gasteiger partial charge is 0.404 e. The summed E-state index contributed by atoms with van der Waals surface area (Å²) in [6, 6.07) is 3.49. The molecule has 3 amide bonds. The highest BCUT2D eigenvalue weighted by atomic mass is 32.2. The highest BCUT2D eigenvalue weighted by molar-refractivity contribution is 8.14. The Labute approximate surface area is 373 Å². The average molecular weight is 934 g/mol. The van der Waals surface area contributed by atoms with Crippen LogP contribution in [0.5, 0.6) is 0 Å². The number of thiophene rings is 1. The summed E-state index contributed by atoms with van der Waals surface area (Å²) in [7, 11) is -5.26. The van der Waals surface area contributed by atoms with Crippen LogP contribution in [0.25, 0.3) is 10.1 Å². The molecule has 3 aromatic rings. The van der Waals surface area contributed by atoms with Crippen LogP contribution in [0, 0.1) is 22.7 Å². The number of benzene rings is 1. The van der Waals surface area contributed by atoms with Gasteiger partial charge < -0.3 is 28.7 Å². The van der Waals surface area contributed by atoms with Gasteiger partial charge in [-0.2, -0.15) is 8.78 Å². The lowest BCUT2D eigenvalue weighted by molar-refractivity contribution is -0.150. The molecule has 19 heteroatoms. The summed E-state index contributed by atoms with van der Waals surface area (Å²) in [6.45, 7) is 14.7. The highest BCUT2D eigenvalue weighted by Crippen LogP contribution is 2.67. The van der Waals surface area contributed by atoms with E-state index in [1.807, 2.05) is 10.8 Å². The van der Waals surface area contributed by atoms with Gasteiger partial charge in [-0.3, -0.25) is 28.5 Å². The van der Waals surface area contributed by atoms with E-state index in [-0.39, 0.29) is 67.7 Å². The SMILES string of the molecule is C=C1[C@H]2C[C@H]3CC[C@@H](C(=O)N4CC(n5ccnc5)C4)N3C(=O)C(NC(=O)c3cc4cc(C(F)(F)P(=O)(OCCSC(=O)C(C)(C)C)OCCSC(=O)C(C)(C)C)ccc4s3)C[C@@H]12. The van der Waals surface area contributed by atoms with Crippen LogP contribution >= 0.6 is 42.5 Å². The molecule has 13 nitrogen and oxygen atoms in total. The van der Waals surface area contributed by atoms with Crippen molar-refractivity contribution in [1.29, 1.82) is 0 Å². The van der Waals surface area contributed by atoms with Gasteiger partial charge in [-0.1, -0.05) is 83.3 Å². The molecule has 1 unspecified atom stereocenters. The molecule has 2 aromatic heterocycles.